The van der Waals surface area contributed by atoms with Gasteiger partial charge < -0.3 is 14.4 Å². The third kappa shape index (κ3) is 3.64. The molecule has 1 aromatic heterocycles. The van der Waals surface area contributed by atoms with E-state index in [1.807, 2.05) is 18.7 Å². The molecule has 24 heavy (non-hydrogen) atoms. The number of ether oxygens (including phenoxy) is 2. The summed E-state index contributed by atoms with van der Waals surface area (Å²) in [5.74, 6) is 0.586. The van der Waals surface area contributed by atoms with Crippen LogP contribution in [0.5, 0.6) is 0 Å². The second-order valence-electron chi connectivity index (χ2n) is 7.48. The standard InChI is InChI=1S/C18H29N3O3/c1-11(2)10-23-14-5-7-21(8-6-14)18(22)17-15-9-12(3)24-13(4)16(15)19-20-17/h11-14H,5-10H2,1-4H3,(H,19,20)/t12-,13+/m0/s1. The van der Waals surface area contributed by atoms with Crippen molar-refractivity contribution in [3.05, 3.63) is 17.0 Å². The predicted octanol–water partition coefficient (Wildman–Crippen LogP) is 2.71. The van der Waals surface area contributed by atoms with Gasteiger partial charge in [-0.05, 0) is 32.6 Å². The topological polar surface area (TPSA) is 67.5 Å². The monoisotopic (exact) mass is 335 g/mol. The van der Waals surface area contributed by atoms with Gasteiger partial charge in [0.15, 0.2) is 5.69 Å². The fourth-order valence-corrected chi connectivity index (χ4v) is 3.55. The number of nitrogens with one attached hydrogen (secondary N) is 1. The van der Waals surface area contributed by atoms with E-state index in [4.69, 9.17) is 9.47 Å². The number of amides is 1. The van der Waals surface area contributed by atoms with Crippen LogP contribution in [0.3, 0.4) is 0 Å². The van der Waals surface area contributed by atoms with Crippen LogP contribution in [0, 0.1) is 5.92 Å². The quantitative estimate of drug-likeness (QED) is 0.919. The first-order valence-corrected chi connectivity index (χ1v) is 9.09. The molecule has 1 N–H and O–H groups in total. The molecule has 0 spiro atoms. The van der Waals surface area contributed by atoms with E-state index in [9.17, 15) is 4.79 Å². The molecular formula is C18H29N3O3. The molecular weight excluding hydrogens is 306 g/mol. The fraction of sp³-hybridized carbons (Fsp3) is 0.778. The molecule has 2 aliphatic heterocycles. The number of carbonyl (C=O) groups is 1. The molecule has 6 nitrogen and oxygen atoms in total. The fourth-order valence-electron chi connectivity index (χ4n) is 3.55. The highest BCUT2D eigenvalue weighted by Gasteiger charge is 2.32. The van der Waals surface area contributed by atoms with Crippen molar-refractivity contribution >= 4 is 5.91 Å². The van der Waals surface area contributed by atoms with Crippen LogP contribution in [0.15, 0.2) is 0 Å². The van der Waals surface area contributed by atoms with Crippen LogP contribution in [-0.4, -0.2) is 52.9 Å². The van der Waals surface area contributed by atoms with Crippen LogP contribution < -0.4 is 0 Å². The molecule has 0 radical (unpaired) electrons. The Morgan fingerprint density at radius 3 is 2.75 bits per heavy atom. The van der Waals surface area contributed by atoms with Crippen LogP contribution in [0.1, 0.15) is 68.4 Å². The maximum atomic E-state index is 12.9. The van der Waals surface area contributed by atoms with E-state index in [2.05, 4.69) is 24.0 Å². The highest BCUT2D eigenvalue weighted by Crippen LogP contribution is 2.31. The highest BCUT2D eigenvalue weighted by atomic mass is 16.5. The molecule has 3 rings (SSSR count). The average molecular weight is 335 g/mol. The molecule has 1 fully saturated rings. The molecule has 0 aliphatic carbocycles. The van der Waals surface area contributed by atoms with Crippen LogP contribution in [0.4, 0.5) is 0 Å². The van der Waals surface area contributed by atoms with E-state index in [1.54, 1.807) is 0 Å². The molecule has 134 valence electrons. The third-order valence-electron chi connectivity index (χ3n) is 4.83. The number of fused-ring (bicyclic) bond motifs is 1. The Labute approximate surface area is 143 Å². The first kappa shape index (κ1) is 17.4. The smallest absolute Gasteiger partial charge is 0.274 e. The van der Waals surface area contributed by atoms with Gasteiger partial charge in [0.05, 0.1) is 24.0 Å². The maximum Gasteiger partial charge on any atom is 0.274 e. The summed E-state index contributed by atoms with van der Waals surface area (Å²) in [6.45, 7) is 10.6. The zero-order chi connectivity index (χ0) is 17.3. The van der Waals surface area contributed by atoms with Crippen molar-refractivity contribution in [1.82, 2.24) is 15.1 Å². The van der Waals surface area contributed by atoms with Gasteiger partial charge in [0.2, 0.25) is 0 Å². The second-order valence-corrected chi connectivity index (χ2v) is 7.48. The van der Waals surface area contributed by atoms with Gasteiger partial charge in [-0.1, -0.05) is 13.8 Å². The number of hydrogen-bond acceptors (Lipinski definition) is 4. The number of H-pyrrole nitrogens is 1. The summed E-state index contributed by atoms with van der Waals surface area (Å²) in [7, 11) is 0. The molecule has 1 aromatic rings. The Hall–Kier alpha value is -1.40. The van der Waals surface area contributed by atoms with Gasteiger partial charge >= 0.3 is 0 Å². The predicted molar refractivity (Wildman–Crippen MR) is 91.0 cm³/mol. The minimum absolute atomic E-state index is 0.0343. The average Bonchev–Trinajstić information content (AvgIpc) is 2.96. The van der Waals surface area contributed by atoms with Crippen LogP contribution in [0.2, 0.25) is 0 Å². The van der Waals surface area contributed by atoms with Crippen LogP contribution in [0.25, 0.3) is 0 Å². The van der Waals surface area contributed by atoms with E-state index in [1.165, 1.54) is 0 Å². The van der Waals surface area contributed by atoms with Gasteiger partial charge in [-0.15, -0.1) is 0 Å². The summed E-state index contributed by atoms with van der Waals surface area (Å²) in [5, 5.41) is 7.32. The SMILES string of the molecule is CC(C)COC1CCN(C(=O)c2n[nH]c3c2C[C@H](C)O[C@@H]3C)CC1. The first-order chi connectivity index (χ1) is 11.5. The highest BCUT2D eigenvalue weighted by molar-refractivity contribution is 5.94. The number of aromatic nitrogens is 2. The molecule has 1 saturated heterocycles. The summed E-state index contributed by atoms with van der Waals surface area (Å²) < 4.78 is 11.7. The lowest BCUT2D eigenvalue weighted by atomic mass is 9.98. The Kier molecular flexibility index (Phi) is 5.25. The lowest BCUT2D eigenvalue weighted by Gasteiger charge is -2.32. The van der Waals surface area contributed by atoms with Gasteiger partial charge in [-0.25, -0.2) is 0 Å². The summed E-state index contributed by atoms with van der Waals surface area (Å²) in [6.07, 6.45) is 2.91. The lowest BCUT2D eigenvalue weighted by Crippen LogP contribution is -2.41. The van der Waals surface area contributed by atoms with E-state index >= 15 is 0 Å². The molecule has 0 bridgehead atoms. The van der Waals surface area contributed by atoms with Crippen molar-refractivity contribution in [3.8, 4) is 0 Å². The second kappa shape index (κ2) is 7.23. The minimum Gasteiger partial charge on any atom is -0.378 e. The minimum atomic E-state index is -0.0343. The van der Waals surface area contributed by atoms with E-state index in [0.29, 0.717) is 11.6 Å². The molecule has 0 unspecified atom stereocenters. The zero-order valence-corrected chi connectivity index (χ0v) is 15.2. The molecule has 0 saturated carbocycles. The number of hydrogen-bond donors (Lipinski definition) is 1. The Morgan fingerprint density at radius 1 is 1.38 bits per heavy atom. The normalized spacial score (nSPS) is 25.1. The number of aromatic amines is 1. The summed E-state index contributed by atoms with van der Waals surface area (Å²) in [5.41, 5.74) is 2.56. The number of nitrogens with zero attached hydrogens (tertiary/aromatic N) is 2. The molecule has 2 atom stereocenters. The number of rotatable bonds is 4. The Balaban J connectivity index is 1.62. The molecule has 1 amide bonds. The van der Waals surface area contributed by atoms with Crippen molar-refractivity contribution < 1.29 is 14.3 Å². The number of likely N-dealkylation sites (tertiary alicyclic amines) is 1. The van der Waals surface area contributed by atoms with Gasteiger partial charge in [0.1, 0.15) is 0 Å². The lowest BCUT2D eigenvalue weighted by molar-refractivity contribution is -0.00741. The van der Waals surface area contributed by atoms with Gasteiger partial charge in [0, 0.05) is 31.7 Å². The summed E-state index contributed by atoms with van der Waals surface area (Å²) in [6, 6.07) is 0. The van der Waals surface area contributed by atoms with E-state index in [-0.39, 0.29) is 24.2 Å². The summed E-state index contributed by atoms with van der Waals surface area (Å²) >= 11 is 0. The maximum absolute atomic E-state index is 12.9. The molecule has 2 aliphatic rings. The van der Waals surface area contributed by atoms with Crippen LogP contribution >= 0.6 is 0 Å². The van der Waals surface area contributed by atoms with Crippen LogP contribution in [-0.2, 0) is 15.9 Å². The van der Waals surface area contributed by atoms with Crippen molar-refractivity contribution in [2.75, 3.05) is 19.7 Å². The molecule has 3 heterocycles. The van der Waals surface area contributed by atoms with E-state index in [0.717, 1.165) is 50.2 Å². The molecule has 6 heteroatoms. The van der Waals surface area contributed by atoms with Gasteiger partial charge in [-0.2, -0.15) is 5.10 Å². The zero-order valence-electron chi connectivity index (χ0n) is 15.2. The van der Waals surface area contributed by atoms with Crippen molar-refractivity contribution in [2.24, 2.45) is 5.92 Å². The Bertz CT molecular complexity index is 576. The number of carbonyl (C=O) groups excluding carboxylic acids is 1. The van der Waals surface area contributed by atoms with Crippen molar-refractivity contribution in [2.45, 2.75) is 65.3 Å². The third-order valence-corrected chi connectivity index (χ3v) is 4.83. The summed E-state index contributed by atoms with van der Waals surface area (Å²) in [4.78, 5) is 14.8. The van der Waals surface area contributed by atoms with Gasteiger partial charge in [-0.3, -0.25) is 9.89 Å². The molecule has 0 aromatic carbocycles. The Morgan fingerprint density at radius 2 is 2.08 bits per heavy atom. The van der Waals surface area contributed by atoms with Gasteiger partial charge in [0.25, 0.3) is 5.91 Å². The first-order valence-electron chi connectivity index (χ1n) is 9.09. The van der Waals surface area contributed by atoms with Crippen molar-refractivity contribution in [1.29, 1.82) is 0 Å². The largest absolute Gasteiger partial charge is 0.378 e. The van der Waals surface area contributed by atoms with E-state index < -0.39 is 0 Å². The number of piperidine rings is 1. The van der Waals surface area contributed by atoms with Crippen molar-refractivity contribution in [3.63, 3.8) is 0 Å².